The molecule has 0 saturated heterocycles. The molecule has 0 fully saturated rings. The number of aromatic nitrogens is 1. The summed E-state index contributed by atoms with van der Waals surface area (Å²) in [5.74, 6) is 0.428. The van der Waals surface area contributed by atoms with Crippen LogP contribution in [0.3, 0.4) is 0 Å². The minimum Gasteiger partial charge on any atom is -0.393 e. The smallest absolute Gasteiger partial charge is 0.143 e. The molecule has 5 nitrogen and oxygen atoms in total. The molecule has 1 unspecified atom stereocenters. The third-order valence-corrected chi connectivity index (χ3v) is 4.48. The molecule has 23 heavy (non-hydrogen) atoms. The summed E-state index contributed by atoms with van der Waals surface area (Å²) >= 11 is 7.12. The SMILES string of the molecule is CC(O)CSc1nc(N)c(C#N)c(-c2ccc(Cl)cc2)c1C#N. The second kappa shape index (κ2) is 7.34. The van der Waals surface area contributed by atoms with Gasteiger partial charge in [0.25, 0.3) is 0 Å². The van der Waals surface area contributed by atoms with Gasteiger partial charge in [0.2, 0.25) is 0 Å². The number of pyridine rings is 1. The van der Waals surface area contributed by atoms with Gasteiger partial charge >= 0.3 is 0 Å². The summed E-state index contributed by atoms with van der Waals surface area (Å²) in [7, 11) is 0. The van der Waals surface area contributed by atoms with Crippen molar-refractivity contribution in [3.63, 3.8) is 0 Å². The fourth-order valence-electron chi connectivity index (χ4n) is 2.01. The second-order valence-electron chi connectivity index (χ2n) is 4.82. The minimum absolute atomic E-state index is 0.0598. The normalized spacial score (nSPS) is 11.5. The van der Waals surface area contributed by atoms with Gasteiger partial charge in [-0.3, -0.25) is 0 Å². The molecule has 0 aliphatic carbocycles. The number of rotatable bonds is 4. The standard InChI is InChI=1S/C16H13ClN4OS/c1-9(22)8-23-16-13(7-19)14(12(6-18)15(20)21-16)10-2-4-11(17)5-3-10/h2-5,9,22H,8H2,1H3,(H2,20,21). The summed E-state index contributed by atoms with van der Waals surface area (Å²) in [4.78, 5) is 4.15. The number of nitrogen functional groups attached to an aromatic ring is 1. The van der Waals surface area contributed by atoms with Crippen molar-refractivity contribution in [2.45, 2.75) is 18.1 Å². The van der Waals surface area contributed by atoms with Crippen molar-refractivity contribution in [2.75, 3.05) is 11.5 Å². The van der Waals surface area contributed by atoms with E-state index in [0.29, 0.717) is 26.9 Å². The second-order valence-corrected chi connectivity index (χ2v) is 6.26. The van der Waals surface area contributed by atoms with Gasteiger partial charge < -0.3 is 10.8 Å². The van der Waals surface area contributed by atoms with E-state index in [1.807, 2.05) is 6.07 Å². The molecule has 0 spiro atoms. The molecule has 7 heteroatoms. The van der Waals surface area contributed by atoms with E-state index in [4.69, 9.17) is 17.3 Å². The summed E-state index contributed by atoms with van der Waals surface area (Å²) in [6.45, 7) is 1.64. The van der Waals surface area contributed by atoms with Crippen LogP contribution in [0.5, 0.6) is 0 Å². The molecule has 0 bridgehead atoms. The predicted octanol–water partition coefficient (Wildman–Crippen LogP) is 3.20. The van der Waals surface area contributed by atoms with E-state index < -0.39 is 6.10 Å². The third-order valence-electron chi connectivity index (χ3n) is 3.01. The highest BCUT2D eigenvalue weighted by molar-refractivity contribution is 7.99. The number of nitriles is 2. The van der Waals surface area contributed by atoms with Crippen LogP contribution in [0.25, 0.3) is 11.1 Å². The van der Waals surface area contributed by atoms with Crippen LogP contribution >= 0.6 is 23.4 Å². The average Bonchev–Trinajstić information content (AvgIpc) is 2.53. The lowest BCUT2D eigenvalue weighted by molar-refractivity contribution is 0.220. The Kier molecular flexibility index (Phi) is 5.46. The van der Waals surface area contributed by atoms with Gasteiger partial charge in [0.05, 0.1) is 11.7 Å². The molecule has 1 aromatic heterocycles. The summed E-state index contributed by atoms with van der Waals surface area (Å²) in [6, 6.07) is 10.9. The molecule has 0 radical (unpaired) electrons. The van der Waals surface area contributed by atoms with Gasteiger partial charge in [-0.1, -0.05) is 23.7 Å². The molecule has 116 valence electrons. The number of nitrogens with zero attached hydrogens (tertiary/aromatic N) is 3. The molecule has 0 aliphatic rings. The Bertz CT molecular complexity index is 807. The van der Waals surface area contributed by atoms with Crippen molar-refractivity contribution in [1.82, 2.24) is 4.98 Å². The van der Waals surface area contributed by atoms with Crippen molar-refractivity contribution in [3.05, 3.63) is 40.4 Å². The fraction of sp³-hybridized carbons (Fsp3) is 0.188. The van der Waals surface area contributed by atoms with Gasteiger partial charge in [-0.05, 0) is 24.6 Å². The number of thioether (sulfide) groups is 1. The average molecular weight is 345 g/mol. The van der Waals surface area contributed by atoms with Crippen LogP contribution in [-0.2, 0) is 0 Å². The highest BCUT2D eigenvalue weighted by atomic mass is 35.5. The van der Waals surface area contributed by atoms with Gasteiger partial charge in [-0.15, -0.1) is 11.8 Å². The molecule has 1 heterocycles. The van der Waals surface area contributed by atoms with E-state index in [1.165, 1.54) is 11.8 Å². The van der Waals surface area contributed by atoms with E-state index in [-0.39, 0.29) is 16.9 Å². The zero-order valence-electron chi connectivity index (χ0n) is 12.2. The topological polar surface area (TPSA) is 107 Å². The number of hydrogen-bond acceptors (Lipinski definition) is 6. The molecular formula is C16H13ClN4OS. The minimum atomic E-state index is -0.552. The zero-order valence-corrected chi connectivity index (χ0v) is 13.8. The van der Waals surface area contributed by atoms with E-state index >= 15 is 0 Å². The Balaban J connectivity index is 2.69. The zero-order chi connectivity index (χ0) is 17.0. The van der Waals surface area contributed by atoms with Crippen LogP contribution in [0, 0.1) is 22.7 Å². The number of anilines is 1. The Labute approximate surface area is 143 Å². The Morgan fingerprint density at radius 2 is 1.87 bits per heavy atom. The van der Waals surface area contributed by atoms with Crippen LogP contribution < -0.4 is 5.73 Å². The maximum Gasteiger partial charge on any atom is 0.143 e. The Morgan fingerprint density at radius 1 is 1.26 bits per heavy atom. The Morgan fingerprint density at radius 3 is 2.39 bits per heavy atom. The van der Waals surface area contributed by atoms with Gasteiger partial charge in [0.1, 0.15) is 28.5 Å². The van der Waals surface area contributed by atoms with Gasteiger partial charge in [-0.2, -0.15) is 10.5 Å². The number of hydrogen-bond donors (Lipinski definition) is 2. The first kappa shape index (κ1) is 17.1. The number of benzene rings is 1. The summed E-state index contributed by atoms with van der Waals surface area (Å²) in [5, 5.41) is 29.3. The van der Waals surface area contributed by atoms with Crippen molar-refractivity contribution >= 4 is 29.2 Å². The first-order chi connectivity index (χ1) is 11.0. The summed E-state index contributed by atoms with van der Waals surface area (Å²) < 4.78 is 0. The monoisotopic (exact) mass is 344 g/mol. The number of nitrogens with two attached hydrogens (primary N) is 1. The van der Waals surface area contributed by atoms with Crippen LogP contribution in [-0.4, -0.2) is 21.9 Å². The molecule has 2 aromatic rings. The molecule has 1 aromatic carbocycles. The lowest BCUT2D eigenvalue weighted by Crippen LogP contribution is -2.07. The first-order valence-corrected chi connectivity index (χ1v) is 8.04. The first-order valence-electron chi connectivity index (χ1n) is 6.68. The maximum atomic E-state index is 9.55. The van der Waals surface area contributed by atoms with E-state index in [9.17, 15) is 15.6 Å². The quantitative estimate of drug-likeness (QED) is 0.825. The van der Waals surface area contributed by atoms with Crippen molar-refractivity contribution in [2.24, 2.45) is 0 Å². The Hall–Kier alpha value is -2.25. The van der Waals surface area contributed by atoms with Crippen LogP contribution in [0.2, 0.25) is 5.02 Å². The lowest BCUT2D eigenvalue weighted by Gasteiger charge is -2.13. The molecule has 3 N–H and O–H groups in total. The van der Waals surface area contributed by atoms with E-state index in [2.05, 4.69) is 11.1 Å². The molecule has 0 amide bonds. The van der Waals surface area contributed by atoms with Gasteiger partial charge in [0.15, 0.2) is 0 Å². The fourth-order valence-corrected chi connectivity index (χ4v) is 2.99. The largest absolute Gasteiger partial charge is 0.393 e. The predicted molar refractivity (Wildman–Crippen MR) is 90.9 cm³/mol. The molecule has 0 aliphatic heterocycles. The van der Waals surface area contributed by atoms with Crippen molar-refractivity contribution in [3.8, 4) is 23.3 Å². The van der Waals surface area contributed by atoms with E-state index in [1.54, 1.807) is 31.2 Å². The highest BCUT2D eigenvalue weighted by Crippen LogP contribution is 2.36. The van der Waals surface area contributed by atoms with Gasteiger partial charge in [0, 0.05) is 16.3 Å². The number of aliphatic hydroxyl groups is 1. The molecule has 1 atom stereocenters. The number of halogens is 1. The van der Waals surface area contributed by atoms with Gasteiger partial charge in [-0.25, -0.2) is 4.98 Å². The number of aliphatic hydroxyl groups excluding tert-OH is 1. The van der Waals surface area contributed by atoms with Crippen LogP contribution in [0.15, 0.2) is 29.3 Å². The maximum absolute atomic E-state index is 9.55. The van der Waals surface area contributed by atoms with Crippen LogP contribution in [0.4, 0.5) is 5.82 Å². The summed E-state index contributed by atoms with van der Waals surface area (Å²) in [6.07, 6.45) is -0.552. The van der Waals surface area contributed by atoms with Crippen molar-refractivity contribution in [1.29, 1.82) is 10.5 Å². The summed E-state index contributed by atoms with van der Waals surface area (Å²) in [5.41, 5.74) is 7.41. The molecule has 2 rings (SSSR count). The highest BCUT2D eigenvalue weighted by Gasteiger charge is 2.20. The van der Waals surface area contributed by atoms with E-state index in [0.717, 1.165) is 0 Å². The van der Waals surface area contributed by atoms with Crippen molar-refractivity contribution < 1.29 is 5.11 Å². The molecule has 0 saturated carbocycles. The molecular weight excluding hydrogens is 332 g/mol. The lowest BCUT2D eigenvalue weighted by atomic mass is 9.97. The van der Waals surface area contributed by atoms with Crippen LogP contribution in [0.1, 0.15) is 18.1 Å². The third kappa shape index (κ3) is 3.75.